The summed E-state index contributed by atoms with van der Waals surface area (Å²) < 4.78 is 5.53. The smallest absolute Gasteiger partial charge is 0.159 e. The molecule has 0 aliphatic rings. The van der Waals surface area contributed by atoms with Gasteiger partial charge < -0.3 is 4.74 Å². The Kier molecular flexibility index (Phi) is 3.70. The lowest BCUT2D eigenvalue weighted by Crippen LogP contribution is -1.96. The van der Waals surface area contributed by atoms with Crippen molar-refractivity contribution >= 4 is 5.78 Å². The van der Waals surface area contributed by atoms with Crippen LogP contribution in [0, 0.1) is 13.8 Å². The molecule has 19 heavy (non-hydrogen) atoms. The molecule has 0 saturated carbocycles. The fourth-order valence-electron chi connectivity index (χ4n) is 2.19. The molecule has 0 aromatic heterocycles. The molecule has 2 heteroatoms. The van der Waals surface area contributed by atoms with Crippen LogP contribution >= 0.6 is 0 Å². The molecule has 0 unspecified atom stereocenters. The average Bonchev–Trinajstić information content (AvgIpc) is 2.41. The van der Waals surface area contributed by atoms with E-state index in [0.717, 1.165) is 28.0 Å². The van der Waals surface area contributed by atoms with E-state index in [1.54, 1.807) is 14.0 Å². The standard InChI is InChI=1S/C17H18O2/c1-11-8-9-16(17(19-4)12(11)2)15-7-5-6-14(10-15)13(3)18/h5-10H,1-4H3. The molecule has 0 atom stereocenters. The van der Waals surface area contributed by atoms with E-state index < -0.39 is 0 Å². The highest BCUT2D eigenvalue weighted by molar-refractivity contribution is 5.95. The molecule has 0 bridgehead atoms. The van der Waals surface area contributed by atoms with Gasteiger partial charge in [-0.05, 0) is 43.5 Å². The SMILES string of the molecule is COc1c(-c2cccc(C(C)=O)c2)ccc(C)c1C. The van der Waals surface area contributed by atoms with E-state index in [4.69, 9.17) is 4.74 Å². The summed E-state index contributed by atoms with van der Waals surface area (Å²) in [7, 11) is 1.68. The van der Waals surface area contributed by atoms with Crippen molar-refractivity contribution in [1.29, 1.82) is 0 Å². The maximum absolute atomic E-state index is 11.5. The number of carbonyl (C=O) groups excluding carboxylic acids is 1. The van der Waals surface area contributed by atoms with Crippen molar-refractivity contribution in [2.24, 2.45) is 0 Å². The average molecular weight is 254 g/mol. The van der Waals surface area contributed by atoms with Crippen molar-refractivity contribution < 1.29 is 9.53 Å². The van der Waals surface area contributed by atoms with Gasteiger partial charge in [0.25, 0.3) is 0 Å². The summed E-state index contributed by atoms with van der Waals surface area (Å²) in [5.41, 5.74) is 5.08. The lowest BCUT2D eigenvalue weighted by atomic mass is 9.97. The number of aryl methyl sites for hydroxylation is 1. The van der Waals surface area contributed by atoms with Gasteiger partial charge in [-0.25, -0.2) is 0 Å². The third-order valence-corrected chi connectivity index (χ3v) is 3.46. The molecule has 0 saturated heterocycles. The second-order valence-electron chi connectivity index (χ2n) is 4.73. The molecule has 0 radical (unpaired) electrons. The van der Waals surface area contributed by atoms with Crippen molar-refractivity contribution in [3.05, 3.63) is 53.1 Å². The minimum absolute atomic E-state index is 0.0738. The molecular weight excluding hydrogens is 236 g/mol. The highest BCUT2D eigenvalue weighted by atomic mass is 16.5. The fourth-order valence-corrected chi connectivity index (χ4v) is 2.19. The molecule has 98 valence electrons. The van der Waals surface area contributed by atoms with Crippen LogP contribution in [0.25, 0.3) is 11.1 Å². The highest BCUT2D eigenvalue weighted by Crippen LogP contribution is 2.34. The number of hydrogen-bond donors (Lipinski definition) is 0. The molecule has 2 rings (SSSR count). The predicted molar refractivity (Wildman–Crippen MR) is 77.9 cm³/mol. The molecular formula is C17H18O2. The maximum atomic E-state index is 11.5. The van der Waals surface area contributed by atoms with Crippen LogP contribution in [-0.2, 0) is 0 Å². The summed E-state index contributed by atoms with van der Waals surface area (Å²) in [6.07, 6.45) is 0. The van der Waals surface area contributed by atoms with E-state index in [1.165, 1.54) is 5.56 Å². The van der Waals surface area contributed by atoms with E-state index in [-0.39, 0.29) is 5.78 Å². The topological polar surface area (TPSA) is 26.3 Å². The van der Waals surface area contributed by atoms with Gasteiger partial charge in [-0.15, -0.1) is 0 Å². The Morgan fingerprint density at radius 1 is 1.11 bits per heavy atom. The van der Waals surface area contributed by atoms with Crippen LogP contribution in [0.15, 0.2) is 36.4 Å². The quantitative estimate of drug-likeness (QED) is 0.768. The minimum atomic E-state index is 0.0738. The van der Waals surface area contributed by atoms with Crippen LogP contribution in [-0.4, -0.2) is 12.9 Å². The van der Waals surface area contributed by atoms with Crippen LogP contribution in [0.2, 0.25) is 0 Å². The Bertz CT molecular complexity index is 627. The molecule has 0 heterocycles. The minimum Gasteiger partial charge on any atom is -0.496 e. The van der Waals surface area contributed by atoms with E-state index in [0.29, 0.717) is 0 Å². The first-order valence-electron chi connectivity index (χ1n) is 6.30. The number of hydrogen-bond acceptors (Lipinski definition) is 2. The Hall–Kier alpha value is -2.09. The van der Waals surface area contributed by atoms with Gasteiger partial charge in [0.05, 0.1) is 7.11 Å². The molecule has 0 aliphatic heterocycles. The van der Waals surface area contributed by atoms with E-state index >= 15 is 0 Å². The van der Waals surface area contributed by atoms with Gasteiger partial charge in [-0.1, -0.05) is 30.3 Å². The number of methoxy groups -OCH3 is 1. The van der Waals surface area contributed by atoms with E-state index in [2.05, 4.69) is 13.0 Å². The van der Waals surface area contributed by atoms with Crippen molar-refractivity contribution in [3.63, 3.8) is 0 Å². The Morgan fingerprint density at radius 2 is 1.84 bits per heavy atom. The molecule has 0 N–H and O–H groups in total. The maximum Gasteiger partial charge on any atom is 0.159 e. The van der Waals surface area contributed by atoms with Crippen molar-refractivity contribution in [2.45, 2.75) is 20.8 Å². The number of ether oxygens (including phenoxy) is 1. The molecule has 2 aromatic carbocycles. The van der Waals surface area contributed by atoms with Gasteiger partial charge in [0.15, 0.2) is 5.78 Å². The summed E-state index contributed by atoms with van der Waals surface area (Å²) in [6, 6.07) is 11.8. The molecule has 2 nitrogen and oxygen atoms in total. The summed E-state index contributed by atoms with van der Waals surface area (Å²) in [5, 5.41) is 0. The number of ketones is 1. The third-order valence-electron chi connectivity index (χ3n) is 3.46. The van der Waals surface area contributed by atoms with Crippen molar-refractivity contribution in [2.75, 3.05) is 7.11 Å². The number of benzene rings is 2. The van der Waals surface area contributed by atoms with Crippen LogP contribution in [0.1, 0.15) is 28.4 Å². The molecule has 2 aromatic rings. The van der Waals surface area contributed by atoms with E-state index in [1.807, 2.05) is 37.3 Å². The zero-order valence-corrected chi connectivity index (χ0v) is 11.8. The summed E-state index contributed by atoms with van der Waals surface area (Å²) in [6.45, 7) is 5.69. The fraction of sp³-hybridized carbons (Fsp3) is 0.235. The second-order valence-corrected chi connectivity index (χ2v) is 4.73. The lowest BCUT2D eigenvalue weighted by molar-refractivity contribution is 0.101. The van der Waals surface area contributed by atoms with Crippen molar-refractivity contribution in [3.8, 4) is 16.9 Å². The highest BCUT2D eigenvalue weighted by Gasteiger charge is 2.11. The summed E-state index contributed by atoms with van der Waals surface area (Å²) >= 11 is 0. The largest absolute Gasteiger partial charge is 0.496 e. The molecule has 0 fully saturated rings. The summed E-state index contributed by atoms with van der Waals surface area (Å²) in [4.78, 5) is 11.5. The zero-order chi connectivity index (χ0) is 14.0. The number of Topliss-reactive ketones (excluding diaryl/α,β-unsaturated/α-hetero) is 1. The zero-order valence-electron chi connectivity index (χ0n) is 11.8. The Morgan fingerprint density at radius 3 is 2.47 bits per heavy atom. The molecule has 0 spiro atoms. The van der Waals surface area contributed by atoms with Gasteiger partial charge in [0.1, 0.15) is 5.75 Å². The first kappa shape index (κ1) is 13.3. The van der Waals surface area contributed by atoms with Gasteiger partial charge in [-0.2, -0.15) is 0 Å². The first-order valence-corrected chi connectivity index (χ1v) is 6.30. The Balaban J connectivity index is 2.62. The Labute approximate surface area is 114 Å². The number of rotatable bonds is 3. The van der Waals surface area contributed by atoms with E-state index in [9.17, 15) is 4.79 Å². The van der Waals surface area contributed by atoms with Crippen LogP contribution in [0.5, 0.6) is 5.75 Å². The summed E-state index contributed by atoms with van der Waals surface area (Å²) in [5.74, 6) is 0.949. The van der Waals surface area contributed by atoms with Gasteiger partial charge in [-0.3, -0.25) is 4.79 Å². The van der Waals surface area contributed by atoms with Crippen LogP contribution in [0.3, 0.4) is 0 Å². The van der Waals surface area contributed by atoms with Crippen molar-refractivity contribution in [1.82, 2.24) is 0 Å². The third kappa shape index (κ3) is 2.53. The number of carbonyl (C=O) groups is 1. The van der Waals surface area contributed by atoms with Crippen LogP contribution < -0.4 is 4.74 Å². The monoisotopic (exact) mass is 254 g/mol. The van der Waals surface area contributed by atoms with Crippen LogP contribution in [0.4, 0.5) is 0 Å². The van der Waals surface area contributed by atoms with Gasteiger partial charge in [0.2, 0.25) is 0 Å². The molecule has 0 amide bonds. The second kappa shape index (κ2) is 5.27. The van der Waals surface area contributed by atoms with Gasteiger partial charge >= 0.3 is 0 Å². The van der Waals surface area contributed by atoms with Gasteiger partial charge in [0, 0.05) is 11.1 Å². The molecule has 0 aliphatic carbocycles. The lowest BCUT2D eigenvalue weighted by Gasteiger charge is -2.14. The normalized spacial score (nSPS) is 10.3. The predicted octanol–water partition coefficient (Wildman–Crippen LogP) is 4.18. The first-order chi connectivity index (χ1) is 9.04.